The topological polar surface area (TPSA) is 48.5 Å². The lowest BCUT2D eigenvalue weighted by Crippen LogP contribution is -2.00. The third-order valence-corrected chi connectivity index (χ3v) is 7.28. The molecule has 178 valence electrons. The number of nitrogens with zero attached hydrogens (tertiary/aromatic N) is 5. The van der Waals surface area contributed by atoms with Gasteiger partial charge in [0.2, 0.25) is 0 Å². The minimum absolute atomic E-state index is 0.657. The fourth-order valence-corrected chi connectivity index (χ4v) is 5.57. The number of aromatic nitrogens is 5. The van der Waals surface area contributed by atoms with E-state index in [1.807, 2.05) is 30.5 Å². The number of benzene rings is 4. The molecule has 5 heteroatoms. The monoisotopic (exact) mass is 487 g/mol. The standard InChI is InChI=1S/C33H21N5/c1-2-8-25(9-3-1)37-18-15-23-19-28-22(20-30(23)37)12-13-27-26-10-4-5-11-29(26)38(32(27)28)31-14-17-35-33(36-31)24-7-6-16-34-21-24/h1-21H. The van der Waals surface area contributed by atoms with Gasteiger partial charge in [0.1, 0.15) is 5.82 Å². The molecule has 8 aromatic rings. The van der Waals surface area contributed by atoms with E-state index in [-0.39, 0.29) is 0 Å². The van der Waals surface area contributed by atoms with Crippen LogP contribution in [0.5, 0.6) is 0 Å². The van der Waals surface area contributed by atoms with Crippen LogP contribution in [0.3, 0.4) is 0 Å². The molecule has 0 bridgehead atoms. The SMILES string of the molecule is c1ccc(-n2ccc3cc4c(ccc5c6ccccc6n(-c6ccnc(-c7cccnc7)n6)c45)cc32)cc1. The zero-order chi connectivity index (χ0) is 25.1. The van der Waals surface area contributed by atoms with Crippen LogP contribution in [0.2, 0.25) is 0 Å². The van der Waals surface area contributed by atoms with Gasteiger partial charge in [0.25, 0.3) is 0 Å². The van der Waals surface area contributed by atoms with Crippen LogP contribution in [0.4, 0.5) is 0 Å². The van der Waals surface area contributed by atoms with Gasteiger partial charge in [-0.1, -0.05) is 48.5 Å². The molecule has 5 nitrogen and oxygen atoms in total. The second-order valence-corrected chi connectivity index (χ2v) is 9.45. The van der Waals surface area contributed by atoms with Gasteiger partial charge in [-0.3, -0.25) is 9.55 Å². The van der Waals surface area contributed by atoms with Crippen molar-refractivity contribution in [3.63, 3.8) is 0 Å². The molecule has 0 atom stereocenters. The molecule has 0 spiro atoms. The van der Waals surface area contributed by atoms with Crippen LogP contribution < -0.4 is 0 Å². The number of fused-ring (bicyclic) bond motifs is 6. The maximum Gasteiger partial charge on any atom is 0.163 e. The second kappa shape index (κ2) is 8.11. The van der Waals surface area contributed by atoms with Gasteiger partial charge in [-0.25, -0.2) is 9.97 Å². The van der Waals surface area contributed by atoms with E-state index in [0.29, 0.717) is 5.82 Å². The summed E-state index contributed by atoms with van der Waals surface area (Å²) in [6.07, 6.45) is 7.54. The van der Waals surface area contributed by atoms with Crippen molar-refractivity contribution in [1.82, 2.24) is 24.1 Å². The van der Waals surface area contributed by atoms with Crippen molar-refractivity contribution in [2.45, 2.75) is 0 Å². The number of rotatable bonds is 3. The summed E-state index contributed by atoms with van der Waals surface area (Å²) < 4.78 is 4.52. The van der Waals surface area contributed by atoms with Crippen LogP contribution in [0.1, 0.15) is 0 Å². The van der Waals surface area contributed by atoms with Gasteiger partial charge in [0.05, 0.1) is 16.6 Å². The van der Waals surface area contributed by atoms with E-state index in [1.165, 1.54) is 32.4 Å². The molecule has 0 saturated carbocycles. The van der Waals surface area contributed by atoms with Crippen molar-refractivity contribution < 1.29 is 0 Å². The summed E-state index contributed by atoms with van der Waals surface area (Å²) in [5.74, 6) is 1.49. The van der Waals surface area contributed by atoms with Gasteiger partial charge >= 0.3 is 0 Å². The summed E-state index contributed by atoms with van der Waals surface area (Å²) in [5, 5.41) is 5.98. The smallest absolute Gasteiger partial charge is 0.163 e. The molecule has 4 aromatic heterocycles. The molecule has 0 amide bonds. The van der Waals surface area contributed by atoms with Gasteiger partial charge in [0, 0.05) is 57.6 Å². The van der Waals surface area contributed by atoms with Crippen molar-refractivity contribution in [3.05, 3.63) is 128 Å². The highest BCUT2D eigenvalue weighted by molar-refractivity contribution is 6.20. The Morgan fingerprint density at radius 3 is 2.39 bits per heavy atom. The highest BCUT2D eigenvalue weighted by atomic mass is 15.1. The van der Waals surface area contributed by atoms with E-state index in [1.54, 1.807) is 12.4 Å². The Labute approximate surface area is 218 Å². The number of hydrogen-bond acceptors (Lipinski definition) is 3. The zero-order valence-electron chi connectivity index (χ0n) is 20.4. The Hall–Kier alpha value is -5.29. The molecule has 38 heavy (non-hydrogen) atoms. The summed E-state index contributed by atoms with van der Waals surface area (Å²) >= 11 is 0. The van der Waals surface area contributed by atoms with Crippen molar-refractivity contribution in [2.75, 3.05) is 0 Å². The summed E-state index contributed by atoms with van der Waals surface area (Å²) in [6, 6.07) is 36.2. The fourth-order valence-electron chi connectivity index (χ4n) is 5.57. The molecule has 4 heterocycles. The van der Waals surface area contributed by atoms with Crippen LogP contribution in [0.15, 0.2) is 128 Å². The predicted octanol–water partition coefficient (Wildman–Crippen LogP) is 7.73. The molecule has 0 unspecified atom stereocenters. The molecule has 4 aromatic carbocycles. The summed E-state index contributed by atoms with van der Waals surface area (Å²) in [7, 11) is 0. The largest absolute Gasteiger partial charge is 0.317 e. The molecular formula is C33H21N5. The molecule has 8 rings (SSSR count). The quantitative estimate of drug-likeness (QED) is 0.256. The van der Waals surface area contributed by atoms with E-state index in [0.717, 1.165) is 28.1 Å². The minimum Gasteiger partial charge on any atom is -0.317 e. The van der Waals surface area contributed by atoms with E-state index >= 15 is 0 Å². The lowest BCUT2D eigenvalue weighted by molar-refractivity contribution is 1.04. The highest BCUT2D eigenvalue weighted by Crippen LogP contribution is 2.38. The van der Waals surface area contributed by atoms with Gasteiger partial charge < -0.3 is 4.57 Å². The Morgan fingerprint density at radius 1 is 0.605 bits per heavy atom. The van der Waals surface area contributed by atoms with Crippen LogP contribution in [0.25, 0.3) is 66.4 Å². The van der Waals surface area contributed by atoms with Gasteiger partial charge in [0.15, 0.2) is 5.82 Å². The first-order chi connectivity index (χ1) is 18.8. The maximum atomic E-state index is 5.01. The van der Waals surface area contributed by atoms with E-state index in [2.05, 4.69) is 104 Å². The zero-order valence-corrected chi connectivity index (χ0v) is 20.4. The Morgan fingerprint density at radius 2 is 1.50 bits per heavy atom. The lowest BCUT2D eigenvalue weighted by Gasteiger charge is -2.11. The Bertz CT molecular complexity index is 2120. The molecule has 0 saturated heterocycles. The third-order valence-electron chi connectivity index (χ3n) is 7.28. The van der Waals surface area contributed by atoms with E-state index in [9.17, 15) is 0 Å². The summed E-state index contributed by atoms with van der Waals surface area (Å²) in [6.45, 7) is 0. The van der Waals surface area contributed by atoms with Gasteiger partial charge in [-0.05, 0) is 60.0 Å². The first-order valence-electron chi connectivity index (χ1n) is 12.6. The van der Waals surface area contributed by atoms with Crippen LogP contribution in [-0.4, -0.2) is 24.1 Å². The highest BCUT2D eigenvalue weighted by Gasteiger charge is 2.17. The molecular weight excluding hydrogens is 466 g/mol. The Balaban J connectivity index is 1.44. The first-order valence-corrected chi connectivity index (χ1v) is 12.6. The molecule has 0 fully saturated rings. The second-order valence-electron chi connectivity index (χ2n) is 9.45. The molecule has 0 aliphatic rings. The van der Waals surface area contributed by atoms with Gasteiger partial charge in [-0.15, -0.1) is 0 Å². The average Bonchev–Trinajstić information content (AvgIpc) is 3.56. The molecule has 0 radical (unpaired) electrons. The van der Waals surface area contributed by atoms with Crippen LogP contribution in [-0.2, 0) is 0 Å². The first kappa shape index (κ1) is 20.9. The minimum atomic E-state index is 0.657. The fraction of sp³-hybridized carbons (Fsp3) is 0. The Kier molecular flexibility index (Phi) is 4.45. The lowest BCUT2D eigenvalue weighted by atomic mass is 10.0. The van der Waals surface area contributed by atoms with Crippen LogP contribution >= 0.6 is 0 Å². The van der Waals surface area contributed by atoms with Crippen molar-refractivity contribution in [1.29, 1.82) is 0 Å². The van der Waals surface area contributed by atoms with Crippen molar-refractivity contribution in [3.8, 4) is 22.9 Å². The summed E-state index contributed by atoms with van der Waals surface area (Å²) in [5.41, 5.74) is 5.50. The van der Waals surface area contributed by atoms with Crippen molar-refractivity contribution in [2.24, 2.45) is 0 Å². The van der Waals surface area contributed by atoms with E-state index in [4.69, 9.17) is 4.98 Å². The predicted molar refractivity (Wildman–Crippen MR) is 154 cm³/mol. The van der Waals surface area contributed by atoms with Gasteiger partial charge in [-0.2, -0.15) is 0 Å². The molecule has 0 N–H and O–H groups in total. The number of para-hydroxylation sites is 2. The number of pyridine rings is 1. The van der Waals surface area contributed by atoms with Crippen molar-refractivity contribution >= 4 is 43.5 Å². The summed E-state index contributed by atoms with van der Waals surface area (Å²) in [4.78, 5) is 13.8. The molecule has 0 aliphatic carbocycles. The number of hydrogen-bond donors (Lipinski definition) is 0. The van der Waals surface area contributed by atoms with E-state index < -0.39 is 0 Å². The van der Waals surface area contributed by atoms with Crippen LogP contribution in [0, 0.1) is 0 Å². The maximum absolute atomic E-state index is 5.01. The normalized spacial score (nSPS) is 11.7. The average molecular weight is 488 g/mol. The third kappa shape index (κ3) is 3.09. The molecule has 0 aliphatic heterocycles.